The zero-order valence-electron chi connectivity index (χ0n) is 14.5. The van der Waals surface area contributed by atoms with E-state index in [0.29, 0.717) is 12.5 Å². The number of aliphatic imine (C=N–C) groups is 1. The second-order valence-corrected chi connectivity index (χ2v) is 7.77. The van der Waals surface area contributed by atoms with Gasteiger partial charge in [-0.15, -0.1) is 0 Å². The molecular formula is C20H25NO2. The van der Waals surface area contributed by atoms with Crippen molar-refractivity contribution in [3.8, 4) is 0 Å². The summed E-state index contributed by atoms with van der Waals surface area (Å²) in [7, 11) is 1.80. The summed E-state index contributed by atoms with van der Waals surface area (Å²) in [4.78, 5) is 4.96. The largest absolute Gasteiger partial charge is 0.496 e. The highest BCUT2D eigenvalue weighted by molar-refractivity contribution is 5.94. The zero-order chi connectivity index (χ0) is 16.2. The van der Waals surface area contributed by atoms with E-state index >= 15 is 0 Å². The number of nitrogens with zero attached hydrogens (tertiary/aromatic N) is 1. The van der Waals surface area contributed by atoms with Gasteiger partial charge in [-0.3, -0.25) is 0 Å². The Labute approximate surface area is 138 Å². The average Bonchev–Trinajstić information content (AvgIpc) is 3.15. The van der Waals surface area contributed by atoms with Gasteiger partial charge in [0.25, 0.3) is 0 Å². The summed E-state index contributed by atoms with van der Waals surface area (Å²) >= 11 is 0. The van der Waals surface area contributed by atoms with E-state index in [1.807, 2.05) is 0 Å². The molecule has 0 N–H and O–H groups in total. The fourth-order valence-electron chi connectivity index (χ4n) is 4.60. The van der Waals surface area contributed by atoms with Gasteiger partial charge in [0.2, 0.25) is 0 Å². The van der Waals surface area contributed by atoms with Crippen molar-refractivity contribution in [2.75, 3.05) is 13.7 Å². The van der Waals surface area contributed by atoms with Crippen LogP contribution in [-0.4, -0.2) is 25.2 Å². The standard InChI is InChI=1S/C20H25NO2/c1-19(2)12-23-18(21-19)20(3)15-10-6-5-8-13(15)17(22-4)14-9-7-11-16(14)20/h5-6,8,10,16H,7,9,11-12H2,1-4H3/t16-,20+/m0/s1. The Bertz CT molecular complexity index is 716. The van der Waals surface area contributed by atoms with E-state index in [4.69, 9.17) is 14.5 Å². The van der Waals surface area contributed by atoms with E-state index < -0.39 is 0 Å². The predicted octanol–water partition coefficient (Wildman–Crippen LogP) is 4.32. The van der Waals surface area contributed by atoms with Crippen molar-refractivity contribution in [1.29, 1.82) is 0 Å². The number of rotatable bonds is 2. The first-order valence-corrected chi connectivity index (χ1v) is 8.57. The second kappa shape index (κ2) is 4.86. The number of hydrogen-bond acceptors (Lipinski definition) is 3. The minimum absolute atomic E-state index is 0.128. The first kappa shape index (κ1) is 14.8. The molecule has 1 saturated carbocycles. The SMILES string of the molecule is COC1=C2CCC[C@@H]2[C@](C)(C2=NC(C)(C)CO2)c2ccccc21. The van der Waals surface area contributed by atoms with Gasteiger partial charge < -0.3 is 9.47 Å². The number of fused-ring (bicyclic) bond motifs is 2. The molecule has 0 amide bonds. The molecule has 1 aromatic carbocycles. The minimum Gasteiger partial charge on any atom is -0.496 e. The van der Waals surface area contributed by atoms with Crippen LogP contribution in [0.25, 0.3) is 5.76 Å². The van der Waals surface area contributed by atoms with Crippen LogP contribution in [0.3, 0.4) is 0 Å². The molecule has 0 bridgehead atoms. The Morgan fingerprint density at radius 3 is 2.70 bits per heavy atom. The number of allylic oxidation sites excluding steroid dienone is 1. The van der Waals surface area contributed by atoms with Crippen molar-refractivity contribution in [3.05, 3.63) is 41.0 Å². The van der Waals surface area contributed by atoms with E-state index in [1.54, 1.807) is 7.11 Å². The highest BCUT2D eigenvalue weighted by atomic mass is 16.5. The van der Waals surface area contributed by atoms with E-state index in [1.165, 1.54) is 29.5 Å². The third kappa shape index (κ3) is 1.98. The van der Waals surface area contributed by atoms with Gasteiger partial charge in [-0.25, -0.2) is 4.99 Å². The first-order chi connectivity index (χ1) is 11.0. The van der Waals surface area contributed by atoms with Gasteiger partial charge in [0.05, 0.1) is 18.1 Å². The van der Waals surface area contributed by atoms with Gasteiger partial charge in [0, 0.05) is 11.5 Å². The molecule has 3 aliphatic rings. The van der Waals surface area contributed by atoms with E-state index in [9.17, 15) is 0 Å². The van der Waals surface area contributed by atoms with Gasteiger partial charge in [0.1, 0.15) is 12.4 Å². The molecule has 23 heavy (non-hydrogen) atoms. The van der Waals surface area contributed by atoms with Crippen LogP contribution < -0.4 is 0 Å². The summed E-state index contributed by atoms with van der Waals surface area (Å²) in [5.41, 5.74) is 3.64. The van der Waals surface area contributed by atoms with Crippen molar-refractivity contribution >= 4 is 11.7 Å². The molecule has 3 nitrogen and oxygen atoms in total. The summed E-state index contributed by atoms with van der Waals surface area (Å²) in [6.07, 6.45) is 3.51. The Morgan fingerprint density at radius 1 is 1.22 bits per heavy atom. The normalized spacial score (nSPS) is 31.3. The van der Waals surface area contributed by atoms with Gasteiger partial charge in [-0.05, 0) is 51.2 Å². The van der Waals surface area contributed by atoms with E-state index in [-0.39, 0.29) is 11.0 Å². The molecule has 0 aromatic heterocycles. The average molecular weight is 311 g/mol. The summed E-state index contributed by atoms with van der Waals surface area (Å²) < 4.78 is 12.0. The second-order valence-electron chi connectivity index (χ2n) is 7.77. The maximum absolute atomic E-state index is 6.13. The number of ether oxygens (including phenoxy) is 2. The lowest BCUT2D eigenvalue weighted by Crippen LogP contribution is -2.43. The molecule has 122 valence electrons. The lowest BCUT2D eigenvalue weighted by atomic mass is 9.64. The molecule has 2 aliphatic carbocycles. The molecule has 1 aliphatic heterocycles. The van der Waals surface area contributed by atoms with Crippen LogP contribution in [0.5, 0.6) is 0 Å². The Kier molecular flexibility index (Phi) is 3.13. The maximum Gasteiger partial charge on any atom is 0.195 e. The third-order valence-electron chi connectivity index (χ3n) is 5.69. The number of hydrogen-bond donors (Lipinski definition) is 0. The van der Waals surface area contributed by atoms with Gasteiger partial charge in [-0.1, -0.05) is 24.3 Å². The first-order valence-electron chi connectivity index (χ1n) is 8.57. The van der Waals surface area contributed by atoms with Crippen molar-refractivity contribution in [3.63, 3.8) is 0 Å². The van der Waals surface area contributed by atoms with Crippen LogP contribution in [0.2, 0.25) is 0 Å². The van der Waals surface area contributed by atoms with Gasteiger partial charge >= 0.3 is 0 Å². The maximum atomic E-state index is 6.13. The lowest BCUT2D eigenvalue weighted by Gasteiger charge is -2.41. The molecular weight excluding hydrogens is 286 g/mol. The summed E-state index contributed by atoms with van der Waals surface area (Å²) in [6.45, 7) is 7.27. The van der Waals surface area contributed by atoms with E-state index in [2.05, 4.69) is 45.0 Å². The summed E-state index contributed by atoms with van der Waals surface area (Å²) in [5.74, 6) is 2.42. The minimum atomic E-state index is -0.182. The van der Waals surface area contributed by atoms with Crippen LogP contribution in [0, 0.1) is 5.92 Å². The molecule has 1 aromatic rings. The molecule has 1 heterocycles. The highest BCUT2D eigenvalue weighted by Gasteiger charge is 2.52. The van der Waals surface area contributed by atoms with Crippen LogP contribution in [0.4, 0.5) is 0 Å². The van der Waals surface area contributed by atoms with Crippen LogP contribution in [0.15, 0.2) is 34.8 Å². The summed E-state index contributed by atoms with van der Waals surface area (Å²) in [5, 5.41) is 0. The molecule has 0 spiro atoms. The predicted molar refractivity (Wildman–Crippen MR) is 92.5 cm³/mol. The smallest absolute Gasteiger partial charge is 0.195 e. The highest BCUT2D eigenvalue weighted by Crippen LogP contribution is 2.54. The quantitative estimate of drug-likeness (QED) is 0.814. The van der Waals surface area contributed by atoms with Crippen molar-refractivity contribution in [2.24, 2.45) is 10.9 Å². The summed E-state index contributed by atoms with van der Waals surface area (Å²) in [6, 6.07) is 8.61. The van der Waals surface area contributed by atoms with Crippen LogP contribution >= 0.6 is 0 Å². The van der Waals surface area contributed by atoms with Gasteiger partial charge in [0.15, 0.2) is 5.90 Å². The Hall–Kier alpha value is -1.77. The number of benzene rings is 1. The molecule has 0 radical (unpaired) electrons. The van der Waals surface area contributed by atoms with Crippen LogP contribution in [0.1, 0.15) is 51.2 Å². The zero-order valence-corrected chi connectivity index (χ0v) is 14.5. The molecule has 0 unspecified atom stereocenters. The van der Waals surface area contributed by atoms with Crippen molar-refractivity contribution in [1.82, 2.24) is 0 Å². The molecule has 2 atom stereocenters. The van der Waals surface area contributed by atoms with E-state index in [0.717, 1.165) is 18.1 Å². The topological polar surface area (TPSA) is 30.8 Å². The molecule has 4 rings (SSSR count). The Balaban J connectivity index is 1.96. The van der Waals surface area contributed by atoms with Crippen molar-refractivity contribution in [2.45, 2.75) is 51.0 Å². The van der Waals surface area contributed by atoms with Crippen molar-refractivity contribution < 1.29 is 9.47 Å². The number of methoxy groups -OCH3 is 1. The molecule has 0 saturated heterocycles. The third-order valence-corrected chi connectivity index (χ3v) is 5.69. The molecule has 1 fully saturated rings. The molecule has 3 heteroatoms. The lowest BCUT2D eigenvalue weighted by molar-refractivity contribution is 0.246. The monoisotopic (exact) mass is 311 g/mol. The Morgan fingerprint density at radius 2 is 2.00 bits per heavy atom. The van der Waals surface area contributed by atoms with Crippen LogP contribution in [-0.2, 0) is 14.9 Å². The fourth-order valence-corrected chi connectivity index (χ4v) is 4.60. The fraction of sp³-hybridized carbons (Fsp3) is 0.550. The van der Waals surface area contributed by atoms with Gasteiger partial charge in [-0.2, -0.15) is 0 Å².